The molecule has 0 bridgehead atoms. The maximum absolute atomic E-state index is 13.3. The molecule has 37 heavy (non-hydrogen) atoms. The summed E-state index contributed by atoms with van der Waals surface area (Å²) in [5.41, 5.74) is 9.98. The van der Waals surface area contributed by atoms with Gasteiger partial charge in [-0.25, -0.2) is 28.1 Å². The lowest BCUT2D eigenvalue weighted by Gasteiger charge is -2.15. The number of nitrogen functional groups attached to an aromatic ring is 1. The fraction of sp³-hybridized carbons (Fsp3) is 0.120. The fourth-order valence-electron chi connectivity index (χ4n) is 3.95. The van der Waals surface area contributed by atoms with E-state index in [-0.39, 0.29) is 12.5 Å². The Bertz CT molecular complexity index is 1770. The SMILES string of the molecule is Cc1ccc2c(Nc3cccc(CNS(C)(=O)=O)c3)nccc2c1NC(=O)c1csc2c(N)ncnc12. The van der Waals surface area contributed by atoms with E-state index in [1.165, 1.54) is 17.7 Å². The number of nitrogens with one attached hydrogen (secondary N) is 3. The highest BCUT2D eigenvalue weighted by atomic mass is 32.2. The Hall–Kier alpha value is -4.13. The van der Waals surface area contributed by atoms with E-state index in [9.17, 15) is 13.2 Å². The van der Waals surface area contributed by atoms with Gasteiger partial charge in [0.1, 0.15) is 18.0 Å². The quantitative estimate of drug-likeness (QED) is 0.243. The molecule has 0 saturated carbocycles. The van der Waals surface area contributed by atoms with Crippen molar-refractivity contribution >= 4 is 71.3 Å². The number of rotatable bonds is 7. The molecule has 2 aromatic carbocycles. The van der Waals surface area contributed by atoms with Crippen LogP contribution in [-0.4, -0.2) is 35.5 Å². The number of thiophene rings is 1. The van der Waals surface area contributed by atoms with Gasteiger partial charge in [0.05, 0.1) is 27.7 Å². The zero-order valence-corrected chi connectivity index (χ0v) is 21.6. The summed E-state index contributed by atoms with van der Waals surface area (Å²) < 4.78 is 26.0. The number of aryl methyl sites for hydroxylation is 1. The van der Waals surface area contributed by atoms with Gasteiger partial charge in [-0.2, -0.15) is 0 Å². The van der Waals surface area contributed by atoms with Gasteiger partial charge in [-0.3, -0.25) is 4.79 Å². The molecule has 0 aliphatic carbocycles. The summed E-state index contributed by atoms with van der Waals surface area (Å²) >= 11 is 1.33. The van der Waals surface area contributed by atoms with Crippen molar-refractivity contribution in [2.45, 2.75) is 13.5 Å². The molecule has 0 spiro atoms. The van der Waals surface area contributed by atoms with E-state index in [1.807, 2.05) is 49.4 Å². The zero-order valence-electron chi connectivity index (χ0n) is 19.9. The molecule has 0 aliphatic rings. The summed E-state index contributed by atoms with van der Waals surface area (Å²) in [4.78, 5) is 26.0. The van der Waals surface area contributed by atoms with Crippen LogP contribution in [0.3, 0.4) is 0 Å². The summed E-state index contributed by atoms with van der Waals surface area (Å²) in [5.74, 6) is 0.647. The van der Waals surface area contributed by atoms with E-state index in [1.54, 1.807) is 11.6 Å². The Morgan fingerprint density at radius 3 is 2.73 bits per heavy atom. The first-order chi connectivity index (χ1) is 17.7. The number of carbonyl (C=O) groups excluding carboxylic acids is 1. The van der Waals surface area contributed by atoms with Crippen LogP contribution in [0, 0.1) is 6.92 Å². The van der Waals surface area contributed by atoms with Gasteiger partial charge in [0, 0.05) is 34.6 Å². The van der Waals surface area contributed by atoms with Crippen LogP contribution in [0.1, 0.15) is 21.5 Å². The maximum Gasteiger partial charge on any atom is 0.258 e. The van der Waals surface area contributed by atoms with Gasteiger partial charge < -0.3 is 16.4 Å². The van der Waals surface area contributed by atoms with Gasteiger partial charge in [0.25, 0.3) is 5.91 Å². The summed E-state index contributed by atoms with van der Waals surface area (Å²) in [5, 5.41) is 9.71. The van der Waals surface area contributed by atoms with Crippen LogP contribution >= 0.6 is 11.3 Å². The van der Waals surface area contributed by atoms with E-state index in [0.717, 1.165) is 33.8 Å². The van der Waals surface area contributed by atoms with Crippen LogP contribution in [-0.2, 0) is 16.6 Å². The number of nitrogens with zero attached hydrogens (tertiary/aromatic N) is 3. The molecule has 0 unspecified atom stereocenters. The second-order valence-electron chi connectivity index (χ2n) is 8.47. The third-order valence-corrected chi connectivity index (χ3v) is 7.41. The molecule has 0 atom stereocenters. The predicted molar refractivity (Wildman–Crippen MR) is 148 cm³/mol. The molecular weight excluding hydrogens is 510 g/mol. The molecule has 0 radical (unpaired) electrons. The minimum atomic E-state index is -3.30. The van der Waals surface area contributed by atoms with Crippen LogP contribution in [0.4, 0.5) is 23.0 Å². The first kappa shape index (κ1) is 24.6. The van der Waals surface area contributed by atoms with Crippen LogP contribution < -0.4 is 21.1 Å². The molecule has 5 N–H and O–H groups in total. The first-order valence-corrected chi connectivity index (χ1v) is 13.9. The van der Waals surface area contributed by atoms with Crippen molar-refractivity contribution in [3.8, 4) is 0 Å². The minimum Gasteiger partial charge on any atom is -0.382 e. The number of aromatic nitrogens is 3. The van der Waals surface area contributed by atoms with Crippen LogP contribution in [0.2, 0.25) is 0 Å². The molecule has 1 amide bonds. The van der Waals surface area contributed by atoms with Gasteiger partial charge in [-0.15, -0.1) is 11.3 Å². The van der Waals surface area contributed by atoms with Crippen molar-refractivity contribution in [2.75, 3.05) is 22.6 Å². The average Bonchev–Trinajstić information content (AvgIpc) is 3.30. The standard InChI is InChI=1S/C25H23N7O3S2/c1-14-6-7-18-17(20(14)32-25(33)19-12-36-22-21(19)28-13-29-23(22)26)8-9-27-24(18)31-16-5-3-4-15(10-16)11-30-37(2,34)35/h3-10,12-13,30H,11H2,1-2H3,(H,27,31)(H,32,33)(H2,26,28,29). The molecule has 3 heterocycles. The average molecular weight is 534 g/mol. The summed E-state index contributed by atoms with van der Waals surface area (Å²) in [6.45, 7) is 2.10. The summed E-state index contributed by atoms with van der Waals surface area (Å²) in [6.07, 6.45) is 4.14. The number of sulfonamides is 1. The van der Waals surface area contributed by atoms with Crippen molar-refractivity contribution < 1.29 is 13.2 Å². The molecule has 5 rings (SSSR count). The lowest BCUT2D eigenvalue weighted by molar-refractivity contribution is 0.102. The third kappa shape index (κ3) is 5.21. The molecule has 0 fully saturated rings. The van der Waals surface area contributed by atoms with Crippen molar-refractivity contribution in [3.05, 3.63) is 77.1 Å². The zero-order chi connectivity index (χ0) is 26.2. The highest BCUT2D eigenvalue weighted by Gasteiger charge is 2.18. The molecule has 10 nitrogen and oxygen atoms in total. The van der Waals surface area contributed by atoms with Crippen LogP contribution in [0.15, 0.2) is 60.4 Å². The minimum absolute atomic E-state index is 0.181. The summed E-state index contributed by atoms with van der Waals surface area (Å²) in [7, 11) is -3.30. The molecule has 0 aliphatic heterocycles. The van der Waals surface area contributed by atoms with E-state index in [0.29, 0.717) is 33.1 Å². The van der Waals surface area contributed by atoms with Gasteiger partial charge in [-0.1, -0.05) is 24.3 Å². The van der Waals surface area contributed by atoms with E-state index in [4.69, 9.17) is 5.73 Å². The fourth-order valence-corrected chi connectivity index (χ4v) is 5.28. The number of hydrogen-bond acceptors (Lipinski definition) is 9. The first-order valence-electron chi connectivity index (χ1n) is 11.2. The number of nitrogens with two attached hydrogens (primary N) is 1. The number of pyridine rings is 1. The Morgan fingerprint density at radius 1 is 1.08 bits per heavy atom. The second kappa shape index (κ2) is 9.73. The number of amides is 1. The topological polar surface area (TPSA) is 152 Å². The highest BCUT2D eigenvalue weighted by molar-refractivity contribution is 7.88. The van der Waals surface area contributed by atoms with Gasteiger partial charge >= 0.3 is 0 Å². The van der Waals surface area contributed by atoms with Crippen LogP contribution in [0.25, 0.3) is 21.0 Å². The second-order valence-corrected chi connectivity index (χ2v) is 11.2. The van der Waals surface area contributed by atoms with Crippen LogP contribution in [0.5, 0.6) is 0 Å². The number of fused-ring (bicyclic) bond motifs is 2. The number of carbonyl (C=O) groups is 1. The van der Waals surface area contributed by atoms with Crippen molar-refractivity contribution in [1.82, 2.24) is 19.7 Å². The van der Waals surface area contributed by atoms with Crippen molar-refractivity contribution in [2.24, 2.45) is 0 Å². The Balaban J connectivity index is 1.46. The predicted octanol–water partition coefficient (Wildman–Crippen LogP) is 4.18. The smallest absolute Gasteiger partial charge is 0.258 e. The number of benzene rings is 2. The highest BCUT2D eigenvalue weighted by Crippen LogP contribution is 2.34. The van der Waals surface area contributed by atoms with Gasteiger partial charge in [0.2, 0.25) is 10.0 Å². The third-order valence-electron chi connectivity index (χ3n) is 5.75. The maximum atomic E-state index is 13.3. The molecular formula is C25H23N7O3S2. The Morgan fingerprint density at radius 2 is 1.92 bits per heavy atom. The summed E-state index contributed by atoms with van der Waals surface area (Å²) in [6, 6.07) is 13.1. The van der Waals surface area contributed by atoms with E-state index >= 15 is 0 Å². The molecule has 5 aromatic rings. The molecule has 0 saturated heterocycles. The van der Waals surface area contributed by atoms with Crippen molar-refractivity contribution in [1.29, 1.82) is 0 Å². The van der Waals surface area contributed by atoms with Crippen molar-refractivity contribution in [3.63, 3.8) is 0 Å². The molecule has 3 aromatic heterocycles. The molecule has 12 heteroatoms. The Labute approximate surface area is 217 Å². The number of anilines is 4. The largest absolute Gasteiger partial charge is 0.382 e. The lowest BCUT2D eigenvalue weighted by atomic mass is 10.0. The van der Waals surface area contributed by atoms with Gasteiger partial charge in [-0.05, 0) is 36.2 Å². The molecule has 188 valence electrons. The van der Waals surface area contributed by atoms with Gasteiger partial charge in [0.15, 0.2) is 0 Å². The lowest BCUT2D eigenvalue weighted by Crippen LogP contribution is -2.21. The monoisotopic (exact) mass is 533 g/mol. The normalized spacial score (nSPS) is 11.6. The van der Waals surface area contributed by atoms with E-state index in [2.05, 4.69) is 30.3 Å². The Kier molecular flexibility index (Phi) is 6.46. The van der Waals surface area contributed by atoms with E-state index < -0.39 is 10.0 Å². The number of hydrogen-bond donors (Lipinski definition) is 4.